The molecule has 1 aromatic rings. The molecule has 0 aromatic heterocycles. The van der Waals surface area contributed by atoms with Gasteiger partial charge in [-0.25, -0.2) is 4.39 Å². The van der Waals surface area contributed by atoms with Gasteiger partial charge < -0.3 is 10.1 Å². The maximum absolute atomic E-state index is 13.1. The summed E-state index contributed by atoms with van der Waals surface area (Å²) in [4.78, 5) is 0. The lowest BCUT2D eigenvalue weighted by Crippen LogP contribution is -2.21. The summed E-state index contributed by atoms with van der Waals surface area (Å²) in [5.41, 5.74) is 0.520. The number of benzene rings is 1. The van der Waals surface area contributed by atoms with Gasteiger partial charge in [0.15, 0.2) is 0 Å². The van der Waals surface area contributed by atoms with Gasteiger partial charge in [-0.3, -0.25) is 0 Å². The van der Waals surface area contributed by atoms with Crippen molar-refractivity contribution in [3.8, 4) is 0 Å². The van der Waals surface area contributed by atoms with E-state index in [2.05, 4.69) is 5.32 Å². The molecule has 13 heavy (non-hydrogen) atoms. The Hall–Kier alpha value is -1.09. The first-order chi connectivity index (χ1) is 6.24. The average molecular weight is 183 g/mol. The number of ether oxygens (including phenoxy) is 1. The highest BCUT2D eigenvalue weighted by Gasteiger charge is 2.04. The van der Waals surface area contributed by atoms with E-state index in [0.29, 0.717) is 12.3 Å². The summed E-state index contributed by atoms with van der Waals surface area (Å²) < 4.78 is 18.0. The average Bonchev–Trinajstić information content (AvgIpc) is 2.09. The van der Waals surface area contributed by atoms with Crippen LogP contribution in [0, 0.1) is 5.82 Å². The van der Waals surface area contributed by atoms with Gasteiger partial charge in [0, 0.05) is 13.2 Å². The van der Waals surface area contributed by atoms with Gasteiger partial charge in [0.2, 0.25) is 0 Å². The standard InChI is InChI=1S/C10H14FNO/c1-8(7-13-2)12-10-6-4-3-5-9(10)11/h3-6,8,12H,7H2,1-2H3/t8-/m0/s1. The molecule has 1 aromatic carbocycles. The summed E-state index contributed by atoms with van der Waals surface area (Å²) in [5, 5.41) is 3.01. The fourth-order valence-corrected chi connectivity index (χ4v) is 1.14. The van der Waals surface area contributed by atoms with Gasteiger partial charge in [-0.15, -0.1) is 0 Å². The number of para-hydroxylation sites is 1. The molecule has 0 heterocycles. The van der Waals surface area contributed by atoms with Gasteiger partial charge in [0.05, 0.1) is 12.3 Å². The summed E-state index contributed by atoms with van der Waals surface area (Å²) in [6.45, 7) is 2.50. The third kappa shape index (κ3) is 3.03. The van der Waals surface area contributed by atoms with Crippen molar-refractivity contribution in [2.24, 2.45) is 0 Å². The lowest BCUT2D eigenvalue weighted by atomic mass is 10.2. The lowest BCUT2D eigenvalue weighted by molar-refractivity contribution is 0.190. The Labute approximate surface area is 77.7 Å². The molecule has 0 bridgehead atoms. The second-order valence-corrected chi connectivity index (χ2v) is 2.98. The molecule has 0 fully saturated rings. The van der Waals surface area contributed by atoms with Crippen LogP contribution in [0.3, 0.4) is 0 Å². The maximum atomic E-state index is 13.1. The zero-order chi connectivity index (χ0) is 9.68. The lowest BCUT2D eigenvalue weighted by Gasteiger charge is -2.14. The highest BCUT2D eigenvalue weighted by molar-refractivity contribution is 5.44. The number of hydrogen-bond donors (Lipinski definition) is 1. The molecule has 0 saturated carbocycles. The van der Waals surface area contributed by atoms with Crippen LogP contribution in [0.25, 0.3) is 0 Å². The minimum Gasteiger partial charge on any atom is -0.383 e. The molecule has 1 atom stereocenters. The molecule has 0 spiro atoms. The van der Waals surface area contributed by atoms with E-state index in [1.54, 1.807) is 25.3 Å². The first-order valence-corrected chi connectivity index (χ1v) is 4.24. The topological polar surface area (TPSA) is 21.3 Å². The molecule has 0 radical (unpaired) electrons. The minimum absolute atomic E-state index is 0.113. The second-order valence-electron chi connectivity index (χ2n) is 2.98. The fourth-order valence-electron chi connectivity index (χ4n) is 1.14. The predicted molar refractivity (Wildman–Crippen MR) is 51.4 cm³/mol. The number of halogens is 1. The van der Waals surface area contributed by atoms with Crippen LogP contribution in [0.5, 0.6) is 0 Å². The largest absolute Gasteiger partial charge is 0.383 e. The third-order valence-electron chi connectivity index (χ3n) is 1.69. The van der Waals surface area contributed by atoms with Crippen LogP contribution in [0.4, 0.5) is 10.1 Å². The van der Waals surface area contributed by atoms with E-state index in [9.17, 15) is 4.39 Å². The Kier molecular flexibility index (Phi) is 3.71. The molecule has 0 aliphatic carbocycles. The van der Waals surface area contributed by atoms with Crippen molar-refractivity contribution in [2.45, 2.75) is 13.0 Å². The number of anilines is 1. The van der Waals surface area contributed by atoms with E-state index in [4.69, 9.17) is 4.74 Å². The first-order valence-electron chi connectivity index (χ1n) is 4.24. The number of nitrogens with one attached hydrogen (secondary N) is 1. The Bertz CT molecular complexity index is 265. The van der Waals surface area contributed by atoms with Gasteiger partial charge >= 0.3 is 0 Å². The van der Waals surface area contributed by atoms with Crippen LogP contribution in [0.15, 0.2) is 24.3 Å². The molecule has 1 N–H and O–H groups in total. The molecule has 2 nitrogen and oxygen atoms in total. The molecule has 1 rings (SSSR count). The van der Waals surface area contributed by atoms with Crippen molar-refractivity contribution in [1.29, 1.82) is 0 Å². The molecule has 0 amide bonds. The highest BCUT2D eigenvalue weighted by Crippen LogP contribution is 2.13. The van der Waals surface area contributed by atoms with E-state index >= 15 is 0 Å². The molecule has 0 aliphatic rings. The summed E-state index contributed by atoms with van der Waals surface area (Å²) in [5.74, 6) is -0.231. The summed E-state index contributed by atoms with van der Waals surface area (Å²) in [6, 6.07) is 6.72. The Morgan fingerprint density at radius 2 is 2.15 bits per heavy atom. The van der Waals surface area contributed by atoms with Crippen LogP contribution >= 0.6 is 0 Å². The first kappa shape index (κ1) is 9.99. The molecule has 0 saturated heterocycles. The zero-order valence-electron chi connectivity index (χ0n) is 7.88. The monoisotopic (exact) mass is 183 g/mol. The Balaban J connectivity index is 2.58. The van der Waals surface area contributed by atoms with Crippen molar-refractivity contribution in [2.75, 3.05) is 19.0 Å². The molecule has 0 unspecified atom stereocenters. The van der Waals surface area contributed by atoms with Crippen LogP contribution in [-0.4, -0.2) is 19.8 Å². The third-order valence-corrected chi connectivity index (χ3v) is 1.69. The van der Waals surface area contributed by atoms with E-state index in [1.807, 2.05) is 6.92 Å². The van der Waals surface area contributed by atoms with Crippen LogP contribution in [0.1, 0.15) is 6.92 Å². The molecular formula is C10H14FNO. The summed E-state index contributed by atoms with van der Waals surface area (Å²) in [6.07, 6.45) is 0. The molecule has 0 aliphatic heterocycles. The molecule has 3 heteroatoms. The van der Waals surface area contributed by atoms with Gasteiger partial charge in [-0.1, -0.05) is 12.1 Å². The van der Waals surface area contributed by atoms with Gasteiger partial charge in [-0.2, -0.15) is 0 Å². The second kappa shape index (κ2) is 4.82. The van der Waals surface area contributed by atoms with E-state index in [-0.39, 0.29) is 11.9 Å². The van der Waals surface area contributed by atoms with Gasteiger partial charge in [-0.05, 0) is 19.1 Å². The van der Waals surface area contributed by atoms with Crippen LogP contribution in [0.2, 0.25) is 0 Å². The summed E-state index contributed by atoms with van der Waals surface area (Å²) in [7, 11) is 1.62. The summed E-state index contributed by atoms with van der Waals surface area (Å²) >= 11 is 0. The molecular weight excluding hydrogens is 169 g/mol. The van der Waals surface area contributed by atoms with Crippen molar-refractivity contribution >= 4 is 5.69 Å². The SMILES string of the molecule is COC[C@H](C)Nc1ccccc1F. The quantitative estimate of drug-likeness (QED) is 0.773. The molecule has 72 valence electrons. The number of hydrogen-bond acceptors (Lipinski definition) is 2. The fraction of sp³-hybridized carbons (Fsp3) is 0.400. The maximum Gasteiger partial charge on any atom is 0.146 e. The van der Waals surface area contributed by atoms with Gasteiger partial charge in [0.25, 0.3) is 0 Å². The Morgan fingerprint density at radius 3 is 2.77 bits per heavy atom. The van der Waals surface area contributed by atoms with E-state index < -0.39 is 0 Å². The van der Waals surface area contributed by atoms with Crippen molar-refractivity contribution in [3.05, 3.63) is 30.1 Å². The van der Waals surface area contributed by atoms with Gasteiger partial charge in [0.1, 0.15) is 5.82 Å². The number of rotatable bonds is 4. The zero-order valence-corrected chi connectivity index (χ0v) is 7.88. The predicted octanol–water partition coefficient (Wildman–Crippen LogP) is 2.27. The highest BCUT2D eigenvalue weighted by atomic mass is 19.1. The smallest absolute Gasteiger partial charge is 0.146 e. The normalized spacial score (nSPS) is 12.5. The van der Waals surface area contributed by atoms with E-state index in [1.165, 1.54) is 6.07 Å². The van der Waals surface area contributed by atoms with Crippen molar-refractivity contribution in [1.82, 2.24) is 0 Å². The van der Waals surface area contributed by atoms with Crippen LogP contribution in [-0.2, 0) is 4.74 Å². The Morgan fingerprint density at radius 1 is 1.46 bits per heavy atom. The van der Waals surface area contributed by atoms with Crippen LogP contribution < -0.4 is 5.32 Å². The van der Waals surface area contributed by atoms with E-state index in [0.717, 1.165) is 0 Å². The van der Waals surface area contributed by atoms with Crippen molar-refractivity contribution in [3.63, 3.8) is 0 Å². The van der Waals surface area contributed by atoms with Crippen molar-refractivity contribution < 1.29 is 9.13 Å². The minimum atomic E-state index is -0.231. The number of methoxy groups -OCH3 is 1.